The van der Waals surface area contributed by atoms with E-state index in [0.717, 1.165) is 4.68 Å². The molecule has 0 bridgehead atoms. The van der Waals surface area contributed by atoms with E-state index in [0.29, 0.717) is 6.54 Å². The van der Waals surface area contributed by atoms with E-state index < -0.39 is 6.43 Å². The van der Waals surface area contributed by atoms with Gasteiger partial charge in [0.1, 0.15) is 11.4 Å². The standard InChI is InChI=1S/C6H10F2N4/c1-2-12-5(6(7)8)4(3-9)10-11-12/h6H,2-3,9H2,1H3. The van der Waals surface area contributed by atoms with Gasteiger partial charge < -0.3 is 5.73 Å². The third kappa shape index (κ3) is 1.42. The lowest BCUT2D eigenvalue weighted by molar-refractivity contribution is 0.138. The Labute approximate surface area is 68.4 Å². The first-order valence-corrected chi connectivity index (χ1v) is 3.61. The van der Waals surface area contributed by atoms with E-state index in [1.807, 2.05) is 0 Å². The highest BCUT2D eigenvalue weighted by Crippen LogP contribution is 2.20. The molecule has 0 aliphatic heterocycles. The molecule has 0 aliphatic rings. The summed E-state index contributed by atoms with van der Waals surface area (Å²) in [4.78, 5) is 0. The monoisotopic (exact) mass is 176 g/mol. The van der Waals surface area contributed by atoms with Crippen molar-refractivity contribution in [2.75, 3.05) is 0 Å². The van der Waals surface area contributed by atoms with Crippen molar-refractivity contribution in [1.29, 1.82) is 0 Å². The van der Waals surface area contributed by atoms with E-state index in [9.17, 15) is 8.78 Å². The summed E-state index contributed by atoms with van der Waals surface area (Å²) >= 11 is 0. The molecule has 4 nitrogen and oxygen atoms in total. The Morgan fingerprint density at radius 1 is 1.58 bits per heavy atom. The Balaban J connectivity index is 3.07. The van der Waals surface area contributed by atoms with Crippen molar-refractivity contribution in [3.63, 3.8) is 0 Å². The average molecular weight is 176 g/mol. The normalized spacial score (nSPS) is 11.1. The summed E-state index contributed by atoms with van der Waals surface area (Å²) in [5.41, 5.74) is 5.21. The highest BCUT2D eigenvalue weighted by atomic mass is 19.3. The van der Waals surface area contributed by atoms with Gasteiger partial charge in [0, 0.05) is 13.1 Å². The maximum absolute atomic E-state index is 12.3. The summed E-state index contributed by atoms with van der Waals surface area (Å²) in [6.45, 7) is 2.10. The van der Waals surface area contributed by atoms with Crippen LogP contribution in [0.1, 0.15) is 24.7 Å². The molecule has 68 valence electrons. The maximum Gasteiger partial charge on any atom is 0.281 e. The zero-order chi connectivity index (χ0) is 9.14. The average Bonchev–Trinajstić information content (AvgIpc) is 2.46. The van der Waals surface area contributed by atoms with E-state index >= 15 is 0 Å². The highest BCUT2D eigenvalue weighted by molar-refractivity contribution is 5.10. The zero-order valence-electron chi connectivity index (χ0n) is 6.67. The van der Waals surface area contributed by atoms with Crippen LogP contribution in [0.25, 0.3) is 0 Å². The third-order valence-corrected chi connectivity index (χ3v) is 1.55. The van der Waals surface area contributed by atoms with Crippen LogP contribution in [0, 0.1) is 0 Å². The largest absolute Gasteiger partial charge is 0.325 e. The van der Waals surface area contributed by atoms with Gasteiger partial charge in [-0.2, -0.15) is 0 Å². The van der Waals surface area contributed by atoms with Crippen molar-refractivity contribution >= 4 is 0 Å². The van der Waals surface area contributed by atoms with Gasteiger partial charge in [-0.3, -0.25) is 0 Å². The molecule has 0 spiro atoms. The topological polar surface area (TPSA) is 56.7 Å². The van der Waals surface area contributed by atoms with Crippen LogP contribution in [0.2, 0.25) is 0 Å². The molecule has 1 heterocycles. The lowest BCUT2D eigenvalue weighted by Gasteiger charge is -2.02. The van der Waals surface area contributed by atoms with Gasteiger partial charge in [-0.1, -0.05) is 5.21 Å². The van der Waals surface area contributed by atoms with Crippen LogP contribution in [-0.2, 0) is 13.1 Å². The minimum absolute atomic E-state index is 0.000324. The van der Waals surface area contributed by atoms with Gasteiger partial charge in [0.25, 0.3) is 6.43 Å². The Morgan fingerprint density at radius 3 is 2.67 bits per heavy atom. The van der Waals surface area contributed by atoms with E-state index in [4.69, 9.17) is 5.73 Å². The number of nitrogens with two attached hydrogens (primary N) is 1. The van der Waals surface area contributed by atoms with E-state index in [-0.39, 0.29) is 17.9 Å². The highest BCUT2D eigenvalue weighted by Gasteiger charge is 2.19. The second kappa shape index (κ2) is 3.57. The smallest absolute Gasteiger partial charge is 0.281 e. The van der Waals surface area contributed by atoms with Crippen LogP contribution < -0.4 is 5.73 Å². The SMILES string of the molecule is CCn1nnc(CN)c1C(F)F. The van der Waals surface area contributed by atoms with Crippen molar-refractivity contribution in [1.82, 2.24) is 15.0 Å². The number of rotatable bonds is 3. The van der Waals surface area contributed by atoms with E-state index in [1.54, 1.807) is 6.92 Å². The first-order valence-electron chi connectivity index (χ1n) is 3.61. The van der Waals surface area contributed by atoms with Crippen LogP contribution in [0.15, 0.2) is 0 Å². The number of alkyl halides is 2. The summed E-state index contributed by atoms with van der Waals surface area (Å²) in [6, 6.07) is 0. The molecule has 12 heavy (non-hydrogen) atoms. The van der Waals surface area contributed by atoms with Gasteiger partial charge in [-0.25, -0.2) is 13.5 Å². The molecule has 0 atom stereocenters. The molecule has 0 amide bonds. The van der Waals surface area contributed by atoms with Crippen LogP contribution in [0.4, 0.5) is 8.78 Å². The van der Waals surface area contributed by atoms with Gasteiger partial charge in [0.05, 0.1) is 0 Å². The summed E-state index contributed by atoms with van der Waals surface area (Å²) in [5.74, 6) is 0. The quantitative estimate of drug-likeness (QED) is 0.737. The molecule has 0 aliphatic carbocycles. The molecule has 0 radical (unpaired) electrons. The fourth-order valence-corrected chi connectivity index (χ4v) is 0.974. The Hall–Kier alpha value is -1.04. The molecule has 1 aromatic rings. The number of hydrogen-bond donors (Lipinski definition) is 1. The zero-order valence-corrected chi connectivity index (χ0v) is 6.67. The number of halogens is 2. The molecule has 0 saturated carbocycles. The predicted octanol–water partition coefficient (Wildman–Crippen LogP) is 0.694. The number of nitrogens with zero attached hydrogens (tertiary/aromatic N) is 3. The Kier molecular flexibility index (Phi) is 2.69. The Morgan fingerprint density at radius 2 is 2.25 bits per heavy atom. The summed E-state index contributed by atoms with van der Waals surface area (Å²) in [7, 11) is 0. The molecule has 1 rings (SSSR count). The van der Waals surface area contributed by atoms with Crippen LogP contribution >= 0.6 is 0 Å². The third-order valence-electron chi connectivity index (χ3n) is 1.55. The Bertz CT molecular complexity index is 237. The second-order valence-electron chi connectivity index (χ2n) is 2.24. The summed E-state index contributed by atoms with van der Waals surface area (Å²) < 4.78 is 25.8. The lowest BCUT2D eigenvalue weighted by Crippen LogP contribution is -2.06. The van der Waals surface area contributed by atoms with Crippen molar-refractivity contribution in [3.05, 3.63) is 11.4 Å². The van der Waals surface area contributed by atoms with Crippen molar-refractivity contribution in [2.45, 2.75) is 26.4 Å². The first-order chi connectivity index (χ1) is 5.70. The second-order valence-corrected chi connectivity index (χ2v) is 2.24. The lowest BCUT2D eigenvalue weighted by atomic mass is 10.3. The van der Waals surface area contributed by atoms with Crippen LogP contribution in [0.5, 0.6) is 0 Å². The summed E-state index contributed by atoms with van der Waals surface area (Å²) in [6.07, 6.45) is -2.56. The molecule has 0 aromatic carbocycles. The van der Waals surface area contributed by atoms with E-state index in [2.05, 4.69) is 10.3 Å². The molecule has 6 heteroatoms. The molecular formula is C6H10F2N4. The fourth-order valence-electron chi connectivity index (χ4n) is 0.974. The van der Waals surface area contributed by atoms with E-state index in [1.165, 1.54) is 0 Å². The van der Waals surface area contributed by atoms with Gasteiger partial charge >= 0.3 is 0 Å². The minimum atomic E-state index is -2.56. The van der Waals surface area contributed by atoms with Gasteiger partial charge in [0.2, 0.25) is 0 Å². The van der Waals surface area contributed by atoms with Crippen molar-refractivity contribution < 1.29 is 8.78 Å². The van der Waals surface area contributed by atoms with Gasteiger partial charge in [0.15, 0.2) is 0 Å². The molecule has 1 aromatic heterocycles. The maximum atomic E-state index is 12.3. The molecule has 0 saturated heterocycles. The van der Waals surface area contributed by atoms with Crippen molar-refractivity contribution in [3.8, 4) is 0 Å². The van der Waals surface area contributed by atoms with Crippen LogP contribution in [-0.4, -0.2) is 15.0 Å². The molecule has 0 fully saturated rings. The fraction of sp³-hybridized carbons (Fsp3) is 0.667. The molecule has 2 N–H and O–H groups in total. The first kappa shape index (κ1) is 9.05. The number of aryl methyl sites for hydroxylation is 1. The molecule has 0 unspecified atom stereocenters. The number of aromatic nitrogens is 3. The van der Waals surface area contributed by atoms with Crippen LogP contribution in [0.3, 0.4) is 0 Å². The predicted molar refractivity (Wildman–Crippen MR) is 38.5 cm³/mol. The minimum Gasteiger partial charge on any atom is -0.325 e. The van der Waals surface area contributed by atoms with Crippen molar-refractivity contribution in [2.24, 2.45) is 5.73 Å². The van der Waals surface area contributed by atoms with Gasteiger partial charge in [-0.05, 0) is 6.92 Å². The molecular weight excluding hydrogens is 166 g/mol. The van der Waals surface area contributed by atoms with Gasteiger partial charge in [-0.15, -0.1) is 5.10 Å². The summed E-state index contributed by atoms with van der Waals surface area (Å²) in [5, 5.41) is 7.07. The number of hydrogen-bond acceptors (Lipinski definition) is 3.